The fraction of sp³-hybridized carbons (Fsp3) is 0.235. The highest BCUT2D eigenvalue weighted by Gasteiger charge is 2.17. The Labute approximate surface area is 134 Å². The lowest BCUT2D eigenvalue weighted by atomic mass is 10.1. The first kappa shape index (κ1) is 13.9. The molecule has 0 unspecified atom stereocenters. The van der Waals surface area contributed by atoms with E-state index in [0.717, 1.165) is 36.5 Å². The van der Waals surface area contributed by atoms with E-state index < -0.39 is 0 Å². The maximum Gasteiger partial charge on any atom is 0.204 e. The van der Waals surface area contributed by atoms with E-state index in [9.17, 15) is 0 Å². The van der Waals surface area contributed by atoms with E-state index in [-0.39, 0.29) is 0 Å². The van der Waals surface area contributed by atoms with Crippen molar-refractivity contribution in [1.29, 1.82) is 0 Å². The number of nitrogens with one attached hydrogen (secondary N) is 1. The number of aromatic amines is 1. The fourth-order valence-corrected chi connectivity index (χ4v) is 2.85. The molecule has 1 aliphatic rings. The molecule has 2 aromatic carbocycles. The summed E-state index contributed by atoms with van der Waals surface area (Å²) >= 11 is 0. The van der Waals surface area contributed by atoms with Gasteiger partial charge in [-0.05, 0) is 29.0 Å². The summed E-state index contributed by atoms with van der Waals surface area (Å²) in [6, 6.07) is 16.6. The minimum Gasteiger partial charge on any atom is -0.492 e. The molecule has 0 aliphatic carbocycles. The van der Waals surface area contributed by atoms with Gasteiger partial charge >= 0.3 is 0 Å². The molecule has 2 heterocycles. The minimum absolute atomic E-state index is 0.603. The zero-order valence-corrected chi connectivity index (χ0v) is 12.6. The van der Waals surface area contributed by atoms with Crippen molar-refractivity contribution in [2.24, 2.45) is 0 Å². The number of nitrogens with zero attached hydrogens (tertiary/aromatic N) is 4. The number of rotatable bonds is 3. The normalized spacial score (nSPS) is 14.8. The molecule has 4 rings (SSSR count). The van der Waals surface area contributed by atoms with E-state index in [4.69, 9.17) is 4.74 Å². The van der Waals surface area contributed by atoms with Crippen molar-refractivity contribution in [1.82, 2.24) is 25.5 Å². The molecule has 6 heteroatoms. The van der Waals surface area contributed by atoms with Gasteiger partial charge in [0.05, 0.1) is 0 Å². The highest BCUT2D eigenvalue weighted by atomic mass is 16.5. The number of benzene rings is 2. The maximum absolute atomic E-state index is 5.88. The molecule has 0 saturated heterocycles. The van der Waals surface area contributed by atoms with Gasteiger partial charge in [0, 0.05) is 30.8 Å². The number of fused-ring (bicyclic) bond motifs is 1. The Morgan fingerprint density at radius 3 is 2.87 bits per heavy atom. The molecule has 3 aromatic rings. The van der Waals surface area contributed by atoms with Crippen LogP contribution in [-0.4, -0.2) is 38.7 Å². The Morgan fingerprint density at radius 1 is 1.13 bits per heavy atom. The van der Waals surface area contributed by atoms with Crippen LogP contribution in [0, 0.1) is 0 Å². The Balaban J connectivity index is 1.58. The summed E-state index contributed by atoms with van der Waals surface area (Å²) in [6.07, 6.45) is 0. The minimum atomic E-state index is 0.603. The number of ether oxygens (including phenoxy) is 1. The molecule has 23 heavy (non-hydrogen) atoms. The second-order valence-corrected chi connectivity index (χ2v) is 5.60. The van der Waals surface area contributed by atoms with Crippen molar-refractivity contribution >= 4 is 0 Å². The zero-order chi connectivity index (χ0) is 15.5. The molecule has 1 aromatic heterocycles. The van der Waals surface area contributed by atoms with Gasteiger partial charge in [-0.3, -0.25) is 4.90 Å². The second-order valence-electron chi connectivity index (χ2n) is 5.60. The summed E-state index contributed by atoms with van der Waals surface area (Å²) in [7, 11) is 0. The van der Waals surface area contributed by atoms with E-state index >= 15 is 0 Å². The van der Waals surface area contributed by atoms with Gasteiger partial charge in [-0.25, -0.2) is 0 Å². The predicted octanol–water partition coefficient (Wildman–Crippen LogP) is 2.26. The van der Waals surface area contributed by atoms with Crippen LogP contribution in [0.2, 0.25) is 0 Å². The Bertz CT molecular complexity index is 773. The van der Waals surface area contributed by atoms with Crippen LogP contribution in [0.5, 0.6) is 5.75 Å². The Morgan fingerprint density at radius 2 is 2.04 bits per heavy atom. The third-order valence-corrected chi connectivity index (χ3v) is 3.97. The zero-order valence-electron chi connectivity index (χ0n) is 12.6. The predicted molar refractivity (Wildman–Crippen MR) is 85.7 cm³/mol. The molecular weight excluding hydrogens is 290 g/mol. The van der Waals surface area contributed by atoms with E-state index in [1.54, 1.807) is 0 Å². The van der Waals surface area contributed by atoms with Crippen LogP contribution < -0.4 is 4.74 Å². The van der Waals surface area contributed by atoms with Crippen molar-refractivity contribution < 1.29 is 4.74 Å². The van der Waals surface area contributed by atoms with Crippen LogP contribution >= 0.6 is 0 Å². The van der Waals surface area contributed by atoms with Crippen LogP contribution in [0.25, 0.3) is 11.4 Å². The molecule has 6 nitrogen and oxygen atoms in total. The van der Waals surface area contributed by atoms with Gasteiger partial charge in [0.1, 0.15) is 12.4 Å². The Hall–Kier alpha value is -2.73. The standard InChI is InChI=1S/C17H17N5O/c1-2-4-13(5-3-1)11-22-8-9-23-16-7-6-14(10-15(16)12-22)17-18-20-21-19-17/h1-7,10H,8-9,11-12H2,(H,18,19,20,21). The van der Waals surface area contributed by atoms with Crippen LogP contribution in [0.3, 0.4) is 0 Å². The molecule has 0 spiro atoms. The summed E-state index contributed by atoms with van der Waals surface area (Å²) < 4.78 is 5.88. The van der Waals surface area contributed by atoms with Gasteiger partial charge in [-0.1, -0.05) is 30.3 Å². The number of aromatic nitrogens is 4. The van der Waals surface area contributed by atoms with Crippen molar-refractivity contribution in [3.05, 3.63) is 59.7 Å². The number of hydrogen-bond acceptors (Lipinski definition) is 5. The van der Waals surface area contributed by atoms with Crippen LogP contribution in [0.4, 0.5) is 0 Å². The summed E-state index contributed by atoms with van der Waals surface area (Å²) in [6.45, 7) is 3.36. The highest BCUT2D eigenvalue weighted by Crippen LogP contribution is 2.28. The summed E-state index contributed by atoms with van der Waals surface area (Å²) in [4.78, 5) is 2.39. The monoisotopic (exact) mass is 307 g/mol. The average Bonchev–Trinajstić information content (AvgIpc) is 3.04. The van der Waals surface area contributed by atoms with Crippen LogP contribution in [0.15, 0.2) is 48.5 Å². The van der Waals surface area contributed by atoms with Gasteiger partial charge < -0.3 is 4.74 Å². The molecule has 0 atom stereocenters. The lowest BCUT2D eigenvalue weighted by Crippen LogP contribution is -2.25. The first-order chi connectivity index (χ1) is 11.4. The van der Waals surface area contributed by atoms with Crippen molar-refractivity contribution in [2.75, 3.05) is 13.2 Å². The molecule has 0 bridgehead atoms. The van der Waals surface area contributed by atoms with Crippen molar-refractivity contribution in [2.45, 2.75) is 13.1 Å². The van der Waals surface area contributed by atoms with Gasteiger partial charge in [0.2, 0.25) is 5.82 Å². The topological polar surface area (TPSA) is 66.9 Å². The summed E-state index contributed by atoms with van der Waals surface area (Å²) in [5.41, 5.74) is 3.41. The lowest BCUT2D eigenvalue weighted by molar-refractivity contribution is 0.219. The molecule has 0 radical (unpaired) electrons. The fourth-order valence-electron chi connectivity index (χ4n) is 2.85. The van der Waals surface area contributed by atoms with Gasteiger partial charge in [0.25, 0.3) is 0 Å². The van der Waals surface area contributed by atoms with Crippen molar-refractivity contribution in [3.8, 4) is 17.1 Å². The maximum atomic E-state index is 5.88. The lowest BCUT2D eigenvalue weighted by Gasteiger charge is -2.19. The van der Waals surface area contributed by atoms with E-state index in [0.29, 0.717) is 12.4 Å². The molecule has 0 amide bonds. The number of hydrogen-bond donors (Lipinski definition) is 1. The molecule has 0 fully saturated rings. The van der Waals surface area contributed by atoms with Crippen LogP contribution in [0.1, 0.15) is 11.1 Å². The molecular formula is C17H17N5O. The highest BCUT2D eigenvalue weighted by molar-refractivity contribution is 5.58. The smallest absolute Gasteiger partial charge is 0.204 e. The SMILES string of the molecule is c1ccc(CN2CCOc3ccc(-c4nn[nH]n4)cc3C2)cc1. The van der Waals surface area contributed by atoms with E-state index in [1.807, 2.05) is 18.2 Å². The largest absolute Gasteiger partial charge is 0.492 e. The second kappa shape index (κ2) is 6.18. The van der Waals surface area contributed by atoms with E-state index in [2.05, 4.69) is 55.9 Å². The van der Waals surface area contributed by atoms with E-state index in [1.165, 1.54) is 5.56 Å². The van der Waals surface area contributed by atoms with Crippen molar-refractivity contribution in [3.63, 3.8) is 0 Å². The molecule has 1 aliphatic heterocycles. The first-order valence-corrected chi connectivity index (χ1v) is 7.64. The third-order valence-electron chi connectivity index (χ3n) is 3.97. The average molecular weight is 307 g/mol. The molecule has 1 N–H and O–H groups in total. The van der Waals surface area contributed by atoms with Crippen LogP contribution in [-0.2, 0) is 13.1 Å². The quantitative estimate of drug-likeness (QED) is 0.804. The third kappa shape index (κ3) is 3.07. The summed E-state index contributed by atoms with van der Waals surface area (Å²) in [5, 5.41) is 14.2. The van der Waals surface area contributed by atoms with Gasteiger partial charge in [0.15, 0.2) is 0 Å². The Kier molecular flexibility index (Phi) is 3.73. The first-order valence-electron chi connectivity index (χ1n) is 7.64. The molecule has 116 valence electrons. The summed E-state index contributed by atoms with van der Waals surface area (Å²) in [5.74, 6) is 1.54. The number of H-pyrrole nitrogens is 1. The van der Waals surface area contributed by atoms with Gasteiger partial charge in [-0.15, -0.1) is 10.2 Å². The number of tetrazole rings is 1. The molecule has 0 saturated carbocycles. The van der Waals surface area contributed by atoms with Gasteiger partial charge in [-0.2, -0.15) is 5.21 Å².